The maximum absolute atomic E-state index is 5.48. The second kappa shape index (κ2) is 6.01. The molecule has 0 amide bonds. The molecule has 21 heavy (non-hydrogen) atoms. The van der Waals surface area contributed by atoms with Crippen LogP contribution in [0.15, 0.2) is 11.2 Å². The van der Waals surface area contributed by atoms with Crippen LogP contribution < -0.4 is 16.6 Å². The summed E-state index contributed by atoms with van der Waals surface area (Å²) in [5, 5.41) is 4.31. The molecule has 1 aliphatic carbocycles. The molecule has 1 heterocycles. The van der Waals surface area contributed by atoms with Crippen LogP contribution >= 0.6 is 11.8 Å². The zero-order valence-corrected chi connectivity index (χ0v) is 14.5. The number of anilines is 2. The highest BCUT2D eigenvalue weighted by molar-refractivity contribution is 7.98. The standard InChI is InChI=1S/C15H27N5S/c1-14(2)7-10(8-15(3,4)9-14)17-11-6-12(20-16)19-13(18-11)21-5/h6,10H,7-9,16H2,1-5H3,(H2,17,18,19,20). The summed E-state index contributed by atoms with van der Waals surface area (Å²) in [5.41, 5.74) is 3.31. The molecule has 1 fully saturated rings. The number of rotatable bonds is 4. The van der Waals surface area contributed by atoms with E-state index >= 15 is 0 Å². The van der Waals surface area contributed by atoms with Crippen molar-refractivity contribution >= 4 is 23.4 Å². The molecular weight excluding hydrogens is 282 g/mol. The highest BCUT2D eigenvalue weighted by Gasteiger charge is 2.38. The fraction of sp³-hybridized carbons (Fsp3) is 0.733. The third kappa shape index (κ3) is 4.48. The molecule has 0 bridgehead atoms. The minimum Gasteiger partial charge on any atom is -0.367 e. The van der Waals surface area contributed by atoms with E-state index in [0.717, 1.165) is 23.8 Å². The van der Waals surface area contributed by atoms with E-state index in [1.165, 1.54) is 18.2 Å². The third-order valence-corrected chi connectivity index (χ3v) is 4.49. The molecule has 0 atom stereocenters. The maximum Gasteiger partial charge on any atom is 0.191 e. The minimum atomic E-state index is 0.351. The first-order chi connectivity index (χ1) is 9.73. The summed E-state index contributed by atoms with van der Waals surface area (Å²) in [6.45, 7) is 9.40. The van der Waals surface area contributed by atoms with E-state index in [4.69, 9.17) is 5.84 Å². The number of nitrogens with one attached hydrogen (secondary N) is 2. The number of thioether (sulfide) groups is 1. The Morgan fingerprint density at radius 2 is 1.71 bits per heavy atom. The maximum atomic E-state index is 5.48. The van der Waals surface area contributed by atoms with Crippen LogP contribution in [-0.4, -0.2) is 22.3 Å². The van der Waals surface area contributed by atoms with E-state index in [1.807, 2.05) is 12.3 Å². The van der Waals surface area contributed by atoms with Crippen LogP contribution in [0.2, 0.25) is 0 Å². The molecular formula is C15H27N5S. The van der Waals surface area contributed by atoms with Crippen LogP contribution in [0.1, 0.15) is 47.0 Å². The summed E-state index contributed by atoms with van der Waals surface area (Å²) in [6, 6.07) is 2.30. The van der Waals surface area contributed by atoms with Gasteiger partial charge < -0.3 is 10.7 Å². The van der Waals surface area contributed by atoms with Crippen LogP contribution in [0.25, 0.3) is 0 Å². The Kier molecular flexibility index (Phi) is 4.68. The number of hydrogen-bond donors (Lipinski definition) is 3. The first-order valence-electron chi connectivity index (χ1n) is 7.39. The van der Waals surface area contributed by atoms with Gasteiger partial charge in [-0.05, 0) is 36.3 Å². The first kappa shape index (κ1) is 16.4. The Bertz CT molecular complexity index is 463. The molecule has 0 radical (unpaired) electrons. The molecule has 1 aliphatic rings. The molecule has 0 spiro atoms. The topological polar surface area (TPSA) is 75.9 Å². The molecule has 6 heteroatoms. The van der Waals surface area contributed by atoms with Gasteiger partial charge in [-0.15, -0.1) is 0 Å². The van der Waals surface area contributed by atoms with Gasteiger partial charge in [0.25, 0.3) is 0 Å². The quantitative estimate of drug-likeness (QED) is 0.342. The second-order valence-corrected chi connectivity index (χ2v) is 8.30. The van der Waals surface area contributed by atoms with E-state index in [9.17, 15) is 0 Å². The van der Waals surface area contributed by atoms with Gasteiger partial charge in [-0.25, -0.2) is 15.8 Å². The highest BCUT2D eigenvalue weighted by atomic mass is 32.2. The van der Waals surface area contributed by atoms with E-state index in [0.29, 0.717) is 22.7 Å². The van der Waals surface area contributed by atoms with Gasteiger partial charge in [0, 0.05) is 12.1 Å². The molecule has 0 unspecified atom stereocenters. The van der Waals surface area contributed by atoms with E-state index in [1.54, 1.807) is 0 Å². The summed E-state index contributed by atoms with van der Waals surface area (Å²) in [7, 11) is 0. The fourth-order valence-corrected chi connectivity index (χ4v) is 4.20. The van der Waals surface area contributed by atoms with Crippen molar-refractivity contribution in [2.75, 3.05) is 17.0 Å². The molecule has 2 rings (SSSR count). The molecule has 1 aromatic heterocycles. The zero-order chi connectivity index (χ0) is 15.7. The average molecular weight is 309 g/mol. The molecule has 5 nitrogen and oxygen atoms in total. The Balaban J connectivity index is 2.17. The Morgan fingerprint density at radius 1 is 1.14 bits per heavy atom. The van der Waals surface area contributed by atoms with Crippen molar-refractivity contribution in [3.8, 4) is 0 Å². The van der Waals surface area contributed by atoms with Gasteiger partial charge in [0.2, 0.25) is 0 Å². The summed E-state index contributed by atoms with van der Waals surface area (Å²) >= 11 is 1.52. The summed E-state index contributed by atoms with van der Waals surface area (Å²) in [6.07, 6.45) is 5.53. The lowest BCUT2D eigenvalue weighted by Gasteiger charge is -2.45. The van der Waals surface area contributed by atoms with Crippen molar-refractivity contribution in [1.29, 1.82) is 0 Å². The molecule has 0 aliphatic heterocycles. The van der Waals surface area contributed by atoms with Crippen LogP contribution in [-0.2, 0) is 0 Å². The average Bonchev–Trinajstić information content (AvgIpc) is 2.34. The predicted octanol–water partition coefficient (Wildman–Crippen LogP) is 3.50. The smallest absolute Gasteiger partial charge is 0.191 e. The summed E-state index contributed by atoms with van der Waals surface area (Å²) in [4.78, 5) is 8.83. The Hall–Kier alpha value is -1.01. The van der Waals surface area contributed by atoms with Crippen molar-refractivity contribution < 1.29 is 0 Å². The largest absolute Gasteiger partial charge is 0.367 e. The van der Waals surface area contributed by atoms with Gasteiger partial charge in [0.1, 0.15) is 11.6 Å². The number of hydrazine groups is 1. The normalized spacial score (nSPS) is 21.0. The molecule has 1 saturated carbocycles. The SMILES string of the molecule is CSc1nc(NN)cc(NC2CC(C)(C)CC(C)(C)C2)n1. The van der Waals surface area contributed by atoms with Crippen LogP contribution in [0.3, 0.4) is 0 Å². The van der Waals surface area contributed by atoms with Gasteiger partial charge in [0.05, 0.1) is 0 Å². The molecule has 118 valence electrons. The van der Waals surface area contributed by atoms with Crippen LogP contribution in [0.4, 0.5) is 11.6 Å². The zero-order valence-electron chi connectivity index (χ0n) is 13.7. The van der Waals surface area contributed by atoms with Crippen molar-refractivity contribution in [3.05, 3.63) is 6.07 Å². The third-order valence-electron chi connectivity index (χ3n) is 3.94. The highest BCUT2D eigenvalue weighted by Crippen LogP contribution is 2.46. The van der Waals surface area contributed by atoms with Gasteiger partial charge >= 0.3 is 0 Å². The molecule has 4 N–H and O–H groups in total. The Morgan fingerprint density at radius 3 is 2.24 bits per heavy atom. The summed E-state index contributed by atoms with van der Waals surface area (Å²) in [5.74, 6) is 6.98. The number of nitrogen functional groups attached to an aromatic ring is 1. The molecule has 1 aromatic rings. The second-order valence-electron chi connectivity index (χ2n) is 7.52. The summed E-state index contributed by atoms with van der Waals surface area (Å²) < 4.78 is 0. The van der Waals surface area contributed by atoms with E-state index in [2.05, 4.69) is 48.4 Å². The predicted molar refractivity (Wildman–Crippen MR) is 90.4 cm³/mol. The van der Waals surface area contributed by atoms with Crippen molar-refractivity contribution in [2.24, 2.45) is 16.7 Å². The van der Waals surface area contributed by atoms with Crippen molar-refractivity contribution in [1.82, 2.24) is 9.97 Å². The molecule has 0 saturated heterocycles. The first-order valence-corrected chi connectivity index (χ1v) is 8.62. The van der Waals surface area contributed by atoms with Crippen LogP contribution in [0.5, 0.6) is 0 Å². The molecule has 0 aromatic carbocycles. The van der Waals surface area contributed by atoms with Gasteiger partial charge in [-0.2, -0.15) is 0 Å². The van der Waals surface area contributed by atoms with Crippen molar-refractivity contribution in [3.63, 3.8) is 0 Å². The lowest BCUT2D eigenvalue weighted by atomic mass is 9.63. The van der Waals surface area contributed by atoms with E-state index < -0.39 is 0 Å². The van der Waals surface area contributed by atoms with Crippen molar-refractivity contribution in [2.45, 2.75) is 58.2 Å². The monoisotopic (exact) mass is 309 g/mol. The number of hydrogen-bond acceptors (Lipinski definition) is 6. The van der Waals surface area contributed by atoms with Gasteiger partial charge in [-0.3, -0.25) is 0 Å². The lowest BCUT2D eigenvalue weighted by molar-refractivity contribution is 0.105. The van der Waals surface area contributed by atoms with Crippen LogP contribution in [0, 0.1) is 10.8 Å². The number of nitrogens with zero attached hydrogens (tertiary/aromatic N) is 2. The van der Waals surface area contributed by atoms with Gasteiger partial charge in [-0.1, -0.05) is 39.5 Å². The lowest BCUT2D eigenvalue weighted by Crippen LogP contribution is -2.40. The van der Waals surface area contributed by atoms with E-state index in [-0.39, 0.29) is 0 Å². The fourth-order valence-electron chi connectivity index (χ4n) is 3.82. The number of nitrogens with two attached hydrogens (primary N) is 1. The minimum absolute atomic E-state index is 0.351. The number of aromatic nitrogens is 2. The van der Waals surface area contributed by atoms with Gasteiger partial charge in [0.15, 0.2) is 5.16 Å². The Labute approximate surface area is 131 Å².